The quantitative estimate of drug-likeness (QED) is 0.906. The van der Waals surface area contributed by atoms with Gasteiger partial charge < -0.3 is 14.9 Å². The van der Waals surface area contributed by atoms with Gasteiger partial charge in [-0.1, -0.05) is 43.2 Å². The fourth-order valence-corrected chi connectivity index (χ4v) is 2.86. The first-order valence-corrected chi connectivity index (χ1v) is 7.35. The van der Waals surface area contributed by atoms with Crippen LogP contribution in [0.3, 0.4) is 0 Å². The van der Waals surface area contributed by atoms with Gasteiger partial charge in [-0.05, 0) is 18.4 Å². The molecule has 1 saturated carbocycles. The molecule has 21 heavy (non-hydrogen) atoms. The van der Waals surface area contributed by atoms with E-state index >= 15 is 0 Å². The Hall–Kier alpha value is -2.04. The van der Waals surface area contributed by atoms with Gasteiger partial charge in [0.15, 0.2) is 0 Å². The second-order valence-corrected chi connectivity index (χ2v) is 5.58. The summed E-state index contributed by atoms with van der Waals surface area (Å²) in [6, 6.07) is 9.57. The van der Waals surface area contributed by atoms with Crippen molar-refractivity contribution < 1.29 is 14.7 Å². The Kier molecular flexibility index (Phi) is 5.20. The van der Waals surface area contributed by atoms with Crippen molar-refractivity contribution in [3.8, 4) is 0 Å². The minimum absolute atomic E-state index is 0.0619. The summed E-state index contributed by atoms with van der Waals surface area (Å²) in [5, 5.41) is 9.05. The fraction of sp³-hybridized carbons (Fsp3) is 0.500. The third-order valence-corrected chi connectivity index (χ3v) is 3.91. The van der Waals surface area contributed by atoms with Crippen LogP contribution >= 0.6 is 0 Å². The van der Waals surface area contributed by atoms with Crippen LogP contribution in [0.4, 0.5) is 4.79 Å². The number of benzene rings is 1. The summed E-state index contributed by atoms with van der Waals surface area (Å²) in [6.07, 6.45) is 3.93. The van der Waals surface area contributed by atoms with Crippen molar-refractivity contribution in [2.45, 2.75) is 38.3 Å². The smallest absolute Gasteiger partial charge is 0.323 e. The van der Waals surface area contributed by atoms with Crippen LogP contribution in [0, 0.1) is 0 Å². The van der Waals surface area contributed by atoms with Gasteiger partial charge in [0.2, 0.25) is 0 Å². The molecule has 0 unspecified atom stereocenters. The number of nitrogens with zero attached hydrogens (tertiary/aromatic N) is 2. The highest BCUT2D eigenvalue weighted by Crippen LogP contribution is 2.24. The Morgan fingerprint density at radius 2 is 1.81 bits per heavy atom. The van der Waals surface area contributed by atoms with Gasteiger partial charge in [-0.15, -0.1) is 0 Å². The summed E-state index contributed by atoms with van der Waals surface area (Å²) < 4.78 is 0. The number of urea groups is 1. The lowest BCUT2D eigenvalue weighted by atomic mass is 10.2. The molecule has 2 amide bonds. The second-order valence-electron chi connectivity index (χ2n) is 5.58. The molecule has 2 rings (SSSR count). The van der Waals surface area contributed by atoms with Gasteiger partial charge in [0.05, 0.1) is 0 Å². The molecule has 114 valence electrons. The SMILES string of the molecule is CN(Cc1ccccc1)C(=O)N(CC(=O)O)C1CCCC1. The van der Waals surface area contributed by atoms with E-state index < -0.39 is 5.97 Å². The summed E-state index contributed by atoms with van der Waals surface area (Å²) >= 11 is 0. The summed E-state index contributed by atoms with van der Waals surface area (Å²) in [4.78, 5) is 26.7. The molecule has 0 atom stereocenters. The zero-order chi connectivity index (χ0) is 15.2. The normalized spacial score (nSPS) is 14.9. The van der Waals surface area contributed by atoms with Crippen LogP contribution in [-0.4, -0.2) is 46.5 Å². The highest BCUT2D eigenvalue weighted by Gasteiger charge is 2.30. The first kappa shape index (κ1) is 15.4. The lowest BCUT2D eigenvalue weighted by Crippen LogP contribution is -2.48. The summed E-state index contributed by atoms with van der Waals surface area (Å²) in [5.74, 6) is -0.955. The van der Waals surface area contributed by atoms with Crippen molar-refractivity contribution in [2.75, 3.05) is 13.6 Å². The van der Waals surface area contributed by atoms with Crippen LogP contribution in [0.25, 0.3) is 0 Å². The van der Waals surface area contributed by atoms with Crippen LogP contribution in [0.1, 0.15) is 31.2 Å². The van der Waals surface area contributed by atoms with E-state index in [1.165, 1.54) is 4.90 Å². The predicted molar refractivity (Wildman–Crippen MR) is 79.9 cm³/mol. The number of aliphatic carboxylic acids is 1. The minimum Gasteiger partial charge on any atom is -0.480 e. The van der Waals surface area contributed by atoms with Crippen molar-refractivity contribution in [2.24, 2.45) is 0 Å². The minimum atomic E-state index is -0.955. The average molecular weight is 290 g/mol. The number of hydrogen-bond donors (Lipinski definition) is 1. The Balaban J connectivity index is 2.04. The van der Waals surface area contributed by atoms with Gasteiger partial charge in [-0.3, -0.25) is 4.79 Å². The van der Waals surface area contributed by atoms with Crippen LogP contribution in [0.15, 0.2) is 30.3 Å². The summed E-state index contributed by atoms with van der Waals surface area (Å²) in [5.41, 5.74) is 1.04. The molecule has 0 bridgehead atoms. The van der Waals surface area contributed by atoms with Crippen LogP contribution in [0.5, 0.6) is 0 Å². The van der Waals surface area contributed by atoms with E-state index in [2.05, 4.69) is 0 Å². The van der Waals surface area contributed by atoms with E-state index in [0.717, 1.165) is 31.2 Å². The third kappa shape index (κ3) is 4.21. The van der Waals surface area contributed by atoms with Crippen LogP contribution < -0.4 is 0 Å². The maximum Gasteiger partial charge on any atom is 0.323 e. The molecule has 0 spiro atoms. The van der Waals surface area contributed by atoms with Gasteiger partial charge in [-0.2, -0.15) is 0 Å². The van der Waals surface area contributed by atoms with Crippen molar-refractivity contribution >= 4 is 12.0 Å². The molecule has 5 nitrogen and oxygen atoms in total. The molecule has 0 heterocycles. The first-order valence-electron chi connectivity index (χ1n) is 7.35. The zero-order valence-electron chi connectivity index (χ0n) is 12.4. The molecule has 0 radical (unpaired) electrons. The molecular formula is C16H22N2O3. The monoisotopic (exact) mass is 290 g/mol. The maximum absolute atomic E-state index is 12.6. The van der Waals surface area contributed by atoms with Gasteiger partial charge in [0, 0.05) is 19.6 Å². The van der Waals surface area contributed by atoms with E-state index in [9.17, 15) is 9.59 Å². The van der Waals surface area contributed by atoms with Crippen LogP contribution in [-0.2, 0) is 11.3 Å². The van der Waals surface area contributed by atoms with E-state index in [1.807, 2.05) is 30.3 Å². The zero-order valence-corrected chi connectivity index (χ0v) is 12.4. The summed E-state index contributed by atoms with van der Waals surface area (Å²) in [6.45, 7) is 0.269. The first-order chi connectivity index (χ1) is 10.1. The topological polar surface area (TPSA) is 60.9 Å². The Morgan fingerprint density at radius 3 is 2.38 bits per heavy atom. The van der Waals surface area contributed by atoms with Gasteiger partial charge in [0.25, 0.3) is 0 Å². The largest absolute Gasteiger partial charge is 0.480 e. The van der Waals surface area contributed by atoms with Crippen molar-refractivity contribution in [1.29, 1.82) is 0 Å². The molecule has 1 aromatic rings. The van der Waals surface area contributed by atoms with Gasteiger partial charge >= 0.3 is 12.0 Å². The van der Waals surface area contributed by atoms with Crippen molar-refractivity contribution in [3.63, 3.8) is 0 Å². The predicted octanol–water partition coefficient (Wildman–Crippen LogP) is 2.57. The van der Waals surface area contributed by atoms with Crippen molar-refractivity contribution in [3.05, 3.63) is 35.9 Å². The molecule has 1 aromatic carbocycles. The number of rotatable bonds is 5. The number of carboxylic acid groups (broad SMARTS) is 1. The molecule has 0 saturated heterocycles. The van der Waals surface area contributed by atoms with Gasteiger partial charge in [-0.25, -0.2) is 4.79 Å². The summed E-state index contributed by atoms with van der Waals surface area (Å²) in [7, 11) is 1.72. The third-order valence-electron chi connectivity index (χ3n) is 3.91. The van der Waals surface area contributed by atoms with E-state index in [1.54, 1.807) is 11.9 Å². The van der Waals surface area contributed by atoms with Crippen molar-refractivity contribution in [1.82, 2.24) is 9.80 Å². The molecule has 5 heteroatoms. The standard InChI is InChI=1S/C16H22N2O3/c1-17(11-13-7-3-2-4-8-13)16(21)18(12-15(19)20)14-9-5-6-10-14/h2-4,7-8,14H,5-6,9-12H2,1H3,(H,19,20). The number of carboxylic acids is 1. The average Bonchev–Trinajstić information content (AvgIpc) is 2.99. The molecule has 1 N–H and O–H groups in total. The maximum atomic E-state index is 12.6. The molecular weight excluding hydrogens is 268 g/mol. The number of hydrogen-bond acceptors (Lipinski definition) is 2. The molecule has 1 fully saturated rings. The number of carbonyl (C=O) groups is 2. The Labute approximate surface area is 125 Å². The molecule has 0 aromatic heterocycles. The number of carbonyl (C=O) groups excluding carboxylic acids is 1. The Morgan fingerprint density at radius 1 is 1.19 bits per heavy atom. The van der Waals surface area contributed by atoms with E-state index in [0.29, 0.717) is 6.54 Å². The molecule has 1 aliphatic rings. The number of amides is 2. The fourth-order valence-electron chi connectivity index (χ4n) is 2.86. The van der Waals surface area contributed by atoms with E-state index in [-0.39, 0.29) is 18.6 Å². The lowest BCUT2D eigenvalue weighted by molar-refractivity contribution is -0.138. The molecule has 0 aliphatic heterocycles. The lowest BCUT2D eigenvalue weighted by Gasteiger charge is -2.31. The highest BCUT2D eigenvalue weighted by molar-refractivity contribution is 5.80. The van der Waals surface area contributed by atoms with Gasteiger partial charge in [0.1, 0.15) is 6.54 Å². The van der Waals surface area contributed by atoms with Crippen LogP contribution in [0.2, 0.25) is 0 Å². The highest BCUT2D eigenvalue weighted by atomic mass is 16.4. The van der Waals surface area contributed by atoms with E-state index in [4.69, 9.17) is 5.11 Å². The Bertz CT molecular complexity index is 484. The molecule has 1 aliphatic carbocycles. The second kappa shape index (κ2) is 7.11.